The number of nitrogens with zero attached hydrogens (tertiary/aromatic N) is 3. The summed E-state index contributed by atoms with van der Waals surface area (Å²) in [5.74, 6) is 2.54. The van der Waals surface area contributed by atoms with Crippen molar-refractivity contribution in [1.82, 2.24) is 15.1 Å². The highest BCUT2D eigenvalue weighted by Crippen LogP contribution is 2.21. The second kappa shape index (κ2) is 3.77. The maximum Gasteiger partial charge on any atom is 0.259 e. The highest BCUT2D eigenvalue weighted by atomic mass is 16.6. The Balaban J connectivity index is 2.15. The first-order valence-corrected chi connectivity index (χ1v) is 4.90. The lowest BCUT2D eigenvalue weighted by Gasteiger charge is -2.45. The van der Waals surface area contributed by atoms with Gasteiger partial charge in [0.05, 0.1) is 32.8 Å². The molecule has 2 aliphatic heterocycles. The summed E-state index contributed by atoms with van der Waals surface area (Å²) in [5, 5.41) is 14.2. The summed E-state index contributed by atoms with van der Waals surface area (Å²) >= 11 is 0. The molecule has 2 saturated heterocycles. The van der Waals surface area contributed by atoms with Crippen LogP contribution in [0.25, 0.3) is 0 Å². The minimum absolute atomic E-state index is 0.172. The molecule has 2 rings (SSSR count). The van der Waals surface area contributed by atoms with Gasteiger partial charge < -0.3 is 0 Å². The molecule has 2 fully saturated rings. The number of rotatable bonds is 2. The summed E-state index contributed by atoms with van der Waals surface area (Å²) in [6, 6.07) is 0. The van der Waals surface area contributed by atoms with Crippen molar-refractivity contribution >= 4 is 0 Å². The Morgan fingerprint density at radius 1 is 1.60 bits per heavy atom. The van der Waals surface area contributed by atoms with E-state index in [-0.39, 0.29) is 4.92 Å². The average Bonchev–Trinajstić information content (AvgIpc) is 2.17. The molecule has 6 heteroatoms. The molecule has 82 valence electrons. The number of hydrogen-bond acceptors (Lipinski definition) is 5. The summed E-state index contributed by atoms with van der Waals surface area (Å²) in [7, 11) is 0. The van der Waals surface area contributed by atoms with Crippen molar-refractivity contribution in [2.24, 2.45) is 0 Å². The Bertz CT molecular complexity index is 314. The van der Waals surface area contributed by atoms with Crippen LogP contribution in [0.3, 0.4) is 0 Å². The van der Waals surface area contributed by atoms with Gasteiger partial charge in [-0.3, -0.25) is 25.2 Å². The van der Waals surface area contributed by atoms with E-state index in [1.165, 1.54) is 0 Å². The van der Waals surface area contributed by atoms with Crippen LogP contribution in [-0.2, 0) is 0 Å². The van der Waals surface area contributed by atoms with Gasteiger partial charge in [0.2, 0.25) is 0 Å². The smallest absolute Gasteiger partial charge is 0.259 e. The van der Waals surface area contributed by atoms with Gasteiger partial charge in [0.25, 0.3) is 5.54 Å². The summed E-state index contributed by atoms with van der Waals surface area (Å²) in [4.78, 5) is 14.9. The topological polar surface area (TPSA) is 61.6 Å². The van der Waals surface area contributed by atoms with Crippen LogP contribution >= 0.6 is 0 Å². The van der Waals surface area contributed by atoms with Crippen molar-refractivity contribution in [3.05, 3.63) is 10.1 Å². The van der Waals surface area contributed by atoms with Crippen LogP contribution in [0.1, 0.15) is 0 Å². The standard InChI is InChI=1S/C9H14N4O2/c1-2-3-11-5-9(13(14)15)4-10-7-12(6-9)8-11/h1,10H,3-8H2/t9-/m0/s1. The van der Waals surface area contributed by atoms with E-state index in [0.717, 1.165) is 0 Å². The van der Waals surface area contributed by atoms with Gasteiger partial charge >= 0.3 is 0 Å². The molecule has 0 amide bonds. The third kappa shape index (κ3) is 1.81. The zero-order valence-electron chi connectivity index (χ0n) is 8.48. The molecular formula is C9H14N4O2. The molecule has 0 aromatic rings. The van der Waals surface area contributed by atoms with Gasteiger partial charge in [-0.05, 0) is 0 Å². The molecular weight excluding hydrogens is 196 g/mol. The second-order valence-corrected chi connectivity index (χ2v) is 4.23. The first kappa shape index (κ1) is 10.4. The van der Waals surface area contributed by atoms with Gasteiger partial charge in [0.15, 0.2) is 0 Å². The zero-order valence-corrected chi connectivity index (χ0v) is 8.48. The summed E-state index contributed by atoms with van der Waals surface area (Å²) < 4.78 is 0. The van der Waals surface area contributed by atoms with Gasteiger partial charge in [-0.1, -0.05) is 5.92 Å². The van der Waals surface area contributed by atoms with Gasteiger partial charge in [-0.2, -0.15) is 0 Å². The molecule has 0 spiro atoms. The van der Waals surface area contributed by atoms with E-state index < -0.39 is 5.54 Å². The Labute approximate surface area is 88.4 Å². The first-order chi connectivity index (χ1) is 7.16. The van der Waals surface area contributed by atoms with E-state index in [4.69, 9.17) is 6.42 Å². The van der Waals surface area contributed by atoms with E-state index in [1.807, 2.05) is 9.80 Å². The second-order valence-electron chi connectivity index (χ2n) is 4.23. The van der Waals surface area contributed by atoms with E-state index >= 15 is 0 Å². The molecule has 15 heavy (non-hydrogen) atoms. The van der Waals surface area contributed by atoms with Crippen LogP contribution in [0, 0.1) is 22.5 Å². The van der Waals surface area contributed by atoms with E-state index in [0.29, 0.717) is 39.5 Å². The third-order valence-corrected chi connectivity index (χ3v) is 2.93. The van der Waals surface area contributed by atoms with E-state index in [1.54, 1.807) is 0 Å². The van der Waals surface area contributed by atoms with Gasteiger partial charge in [0.1, 0.15) is 0 Å². The molecule has 0 radical (unpaired) electrons. The number of fused-ring (bicyclic) bond motifs is 2. The minimum Gasteiger partial charge on any atom is -0.297 e. The van der Waals surface area contributed by atoms with Crippen LogP contribution in [0.4, 0.5) is 0 Å². The lowest BCUT2D eigenvalue weighted by Crippen LogP contribution is -2.71. The summed E-state index contributed by atoms with van der Waals surface area (Å²) in [6.45, 7) is 3.29. The molecule has 2 atom stereocenters. The number of nitro groups is 1. The van der Waals surface area contributed by atoms with Crippen molar-refractivity contribution in [3.63, 3.8) is 0 Å². The largest absolute Gasteiger partial charge is 0.297 e. The van der Waals surface area contributed by atoms with Crippen molar-refractivity contribution in [2.75, 3.05) is 39.5 Å². The fraction of sp³-hybridized carbons (Fsp3) is 0.778. The Morgan fingerprint density at radius 2 is 2.40 bits per heavy atom. The highest BCUT2D eigenvalue weighted by Gasteiger charge is 2.51. The van der Waals surface area contributed by atoms with Crippen LogP contribution in [0.15, 0.2) is 0 Å². The van der Waals surface area contributed by atoms with Crippen molar-refractivity contribution < 1.29 is 4.92 Å². The molecule has 0 aliphatic carbocycles. The molecule has 1 N–H and O–H groups in total. The third-order valence-electron chi connectivity index (χ3n) is 2.93. The predicted molar refractivity (Wildman–Crippen MR) is 54.6 cm³/mol. The molecule has 0 saturated carbocycles. The molecule has 0 aromatic carbocycles. The van der Waals surface area contributed by atoms with Crippen LogP contribution in [0.5, 0.6) is 0 Å². The number of terminal acetylenes is 1. The fourth-order valence-electron chi connectivity index (χ4n) is 2.34. The predicted octanol–water partition coefficient (Wildman–Crippen LogP) is -1.23. The summed E-state index contributed by atoms with van der Waals surface area (Å²) in [5.41, 5.74) is -0.882. The number of nitrogens with one attached hydrogen (secondary N) is 1. The summed E-state index contributed by atoms with van der Waals surface area (Å²) in [6.07, 6.45) is 5.23. The van der Waals surface area contributed by atoms with Gasteiger partial charge in [-0.25, -0.2) is 0 Å². The zero-order chi connectivity index (χ0) is 10.9. The maximum absolute atomic E-state index is 11.1. The molecule has 2 aliphatic rings. The quantitative estimate of drug-likeness (QED) is 0.351. The Morgan fingerprint density at radius 3 is 3.07 bits per heavy atom. The van der Waals surface area contributed by atoms with Crippen LogP contribution in [-0.4, -0.2) is 59.8 Å². The fourth-order valence-corrected chi connectivity index (χ4v) is 2.34. The van der Waals surface area contributed by atoms with Crippen molar-refractivity contribution in [1.29, 1.82) is 0 Å². The monoisotopic (exact) mass is 210 g/mol. The normalized spacial score (nSPS) is 35.8. The lowest BCUT2D eigenvalue weighted by molar-refractivity contribution is -0.576. The van der Waals surface area contributed by atoms with Crippen molar-refractivity contribution in [2.45, 2.75) is 5.54 Å². The van der Waals surface area contributed by atoms with Crippen LogP contribution < -0.4 is 5.32 Å². The Kier molecular flexibility index (Phi) is 2.61. The molecule has 1 unspecified atom stereocenters. The van der Waals surface area contributed by atoms with Crippen molar-refractivity contribution in [3.8, 4) is 12.3 Å². The number of hydrogen-bond donors (Lipinski definition) is 1. The average molecular weight is 210 g/mol. The molecule has 2 bridgehead atoms. The molecule has 2 heterocycles. The highest BCUT2D eigenvalue weighted by molar-refractivity contribution is 4.98. The SMILES string of the molecule is C#CCN1CN2CNC[C@]([N+](=O)[O-])(C1)C2. The first-order valence-electron chi connectivity index (χ1n) is 4.90. The minimum atomic E-state index is -0.882. The van der Waals surface area contributed by atoms with Crippen LogP contribution in [0.2, 0.25) is 0 Å². The lowest BCUT2D eigenvalue weighted by atomic mass is 9.95. The maximum atomic E-state index is 11.1. The molecule has 0 aromatic heterocycles. The molecule has 6 nitrogen and oxygen atoms in total. The van der Waals surface area contributed by atoms with Gasteiger partial charge in [0, 0.05) is 11.6 Å². The van der Waals surface area contributed by atoms with E-state index in [2.05, 4.69) is 11.2 Å². The van der Waals surface area contributed by atoms with Gasteiger partial charge in [-0.15, -0.1) is 6.42 Å². The Hall–Kier alpha value is -1.16. The van der Waals surface area contributed by atoms with E-state index in [9.17, 15) is 10.1 Å².